The van der Waals surface area contributed by atoms with E-state index in [4.69, 9.17) is 63.1 Å². The number of hydrogen-bond donors (Lipinski definition) is 19. The maximum atomic E-state index is 16.1. The van der Waals surface area contributed by atoms with Gasteiger partial charge in [-0.3, -0.25) is 33.6 Å². The van der Waals surface area contributed by atoms with Gasteiger partial charge in [0, 0.05) is 29.5 Å². The van der Waals surface area contributed by atoms with Crippen LogP contribution in [0.25, 0.3) is 0 Å². The first-order chi connectivity index (χ1) is 47.7. The first-order valence-corrected chi connectivity index (χ1v) is 32.6. The Balaban J connectivity index is 1.25. The van der Waals surface area contributed by atoms with Crippen LogP contribution in [0, 0.1) is 5.92 Å². The average molecular weight is 1450 g/mol. The molecule has 1 aliphatic carbocycles. The highest BCUT2D eigenvalue weighted by Gasteiger charge is 2.49. The van der Waals surface area contributed by atoms with Crippen LogP contribution in [0.1, 0.15) is 105 Å². The third kappa shape index (κ3) is 16.0. The molecule has 20 atom stereocenters. The average Bonchev–Trinajstić information content (AvgIpc) is 0.770. The van der Waals surface area contributed by atoms with Crippen molar-refractivity contribution in [2.75, 3.05) is 13.7 Å². The summed E-state index contributed by atoms with van der Waals surface area (Å²) in [6.07, 6.45) is -17.3. The molecule has 0 radical (unpaired) electrons. The van der Waals surface area contributed by atoms with E-state index in [0.717, 1.165) is 48.6 Å². The Hall–Kier alpha value is -8.78. The number of rotatable bonds is 13. The summed E-state index contributed by atoms with van der Waals surface area (Å²) in [7, 11) is 1.47. The molecular weight excluding hydrogens is 1370 g/mol. The SMILES string of the molecule is CN[C@H](CC(C)C)C(=O)N[C@H]1C(=O)N[C@@H](CC(N)=O)C(=O)N[C@H]2C(=O)NC3C(=O)NC(C(=O)N[C@H](C(=O)O)c4cc(O)cc(O)c4C4C=C3C=CC4O)[C@H](OC3CC(C)(N)C(O)C(C)O3)c3ccc(c(Cl)c3)Oc3cc2cc(c3OC2OC(CO)C(O)C(O)C2O)Oc2ccc(cc2Cl)[C@H]1O. The van der Waals surface area contributed by atoms with E-state index in [-0.39, 0.29) is 52.0 Å². The number of hydrogen-bond acceptors (Lipinski definition) is 25. The van der Waals surface area contributed by atoms with Gasteiger partial charge in [0.15, 0.2) is 23.8 Å². The summed E-state index contributed by atoms with van der Waals surface area (Å²) in [4.78, 5) is 118. The number of primary amides is 1. The van der Waals surface area contributed by atoms with Crippen molar-refractivity contribution in [1.82, 2.24) is 37.2 Å². The molecule has 4 aromatic rings. The molecule has 0 saturated carbocycles. The van der Waals surface area contributed by atoms with Crippen LogP contribution in [0.3, 0.4) is 0 Å². The van der Waals surface area contributed by atoms with Crippen molar-refractivity contribution in [1.29, 1.82) is 0 Å². The number of carboxylic acids is 1. The second-order valence-electron chi connectivity index (χ2n) is 26.0. The van der Waals surface area contributed by atoms with Gasteiger partial charge in [-0.15, -0.1) is 0 Å². The zero-order valence-corrected chi connectivity index (χ0v) is 56.0. The summed E-state index contributed by atoms with van der Waals surface area (Å²) in [5.74, 6) is -16.6. The number of carbonyl (C=O) groups is 8. The van der Waals surface area contributed by atoms with Crippen LogP contribution in [0.4, 0.5) is 0 Å². The standard InChI is InChI=1S/C66H77Cl2N9O24/c1-23(2)12-34(71-5)58(88)76-49-51(83)26-7-10-38(32(67)14-26)97-40-16-28-17-41(56(40)101-65-54(86)53(85)52(84)42(22-78)99-65)98-39-11-8-27(15-33(39)68)55(100-44-21-66(4,70)57(87)24(3)96-44)50-63(93)75-48(64(94)95)31-18-29(79)19-37(81)45(31)30-13-25(6-9-36(30)80)46(60(90)77-50)74-61(91)47(28)73-59(89)35(20-43(69)82)72-62(49)92/h6-11,13-19,23-24,30,34-36,42,44,46-55,57,65,71,78-81,83-87H,12,20-22,70H2,1-5H3,(H2,69,82)(H,72,92)(H,73,89)(H,74,91)(H,75,93)(H,76,88)(H,77,90)(H,94,95)/t24?,30?,34-,35+,36?,42?,44?,46?,47-,48+,49-,50?,51-,52?,53?,54?,55-,57?,65?,66?/m1/s1. The molecule has 7 amide bonds. The molecule has 35 heteroatoms. The van der Waals surface area contributed by atoms with Gasteiger partial charge in [-0.2, -0.15) is 0 Å². The van der Waals surface area contributed by atoms with Gasteiger partial charge < -0.3 is 128 Å². The minimum Gasteiger partial charge on any atom is -0.508 e. The molecule has 21 N–H and O–H groups in total. The second kappa shape index (κ2) is 30.4. The second-order valence-corrected chi connectivity index (χ2v) is 26.8. The van der Waals surface area contributed by atoms with Crippen LogP contribution in [0.15, 0.2) is 84.5 Å². The molecule has 4 aromatic carbocycles. The van der Waals surface area contributed by atoms with Gasteiger partial charge in [0.1, 0.15) is 89.8 Å². The summed E-state index contributed by atoms with van der Waals surface area (Å²) < 4.78 is 38.0. The third-order valence-electron chi connectivity index (χ3n) is 18.1. The molecule has 0 spiro atoms. The smallest absolute Gasteiger partial charge is 0.330 e. The molecule has 13 unspecified atom stereocenters. The number of carboxylic acid groups (broad SMARTS) is 1. The molecular formula is C66H77Cl2N9O24. The zero-order valence-electron chi connectivity index (χ0n) is 54.5. The molecule has 33 nitrogen and oxygen atoms in total. The van der Waals surface area contributed by atoms with Gasteiger partial charge in [-0.1, -0.05) is 67.4 Å². The number of phenols is 2. The van der Waals surface area contributed by atoms with E-state index >= 15 is 19.2 Å². The van der Waals surface area contributed by atoms with E-state index in [1.807, 2.05) is 13.8 Å². The molecule has 7 aliphatic heterocycles. The summed E-state index contributed by atoms with van der Waals surface area (Å²) in [6.45, 7) is 5.62. The van der Waals surface area contributed by atoms with E-state index in [2.05, 4.69) is 37.2 Å². The van der Waals surface area contributed by atoms with Crippen LogP contribution in [0.5, 0.6) is 40.2 Å². The molecule has 2 fully saturated rings. The number of likely N-dealkylation sites (N-methyl/N-ethyl adjacent to an activating group) is 1. The van der Waals surface area contributed by atoms with Crippen LogP contribution >= 0.6 is 23.2 Å². The Morgan fingerprint density at radius 3 is 2.00 bits per heavy atom. The number of aliphatic hydroxyl groups excluding tert-OH is 7. The van der Waals surface area contributed by atoms with Crippen LogP contribution < -0.4 is 62.9 Å². The van der Waals surface area contributed by atoms with Crippen molar-refractivity contribution in [2.24, 2.45) is 17.4 Å². The van der Waals surface area contributed by atoms with Gasteiger partial charge in [-0.25, -0.2) is 4.79 Å². The van der Waals surface area contributed by atoms with Crippen molar-refractivity contribution >= 4 is 70.5 Å². The predicted molar refractivity (Wildman–Crippen MR) is 349 cm³/mol. The lowest BCUT2D eigenvalue weighted by molar-refractivity contribution is -0.277. The number of amides is 7. The zero-order chi connectivity index (χ0) is 73.5. The fraction of sp³-hybridized carbons (Fsp3) is 0.455. The fourth-order valence-electron chi connectivity index (χ4n) is 12.8. The number of carbonyl (C=O) groups excluding carboxylic acids is 7. The molecule has 11 bridgehead atoms. The number of benzene rings is 4. The van der Waals surface area contributed by atoms with Gasteiger partial charge in [0.2, 0.25) is 53.4 Å². The normalized spacial score (nSPS) is 31.6. The van der Waals surface area contributed by atoms with Crippen molar-refractivity contribution in [3.63, 3.8) is 0 Å². The third-order valence-corrected chi connectivity index (χ3v) is 18.7. The van der Waals surface area contributed by atoms with E-state index in [0.29, 0.717) is 0 Å². The van der Waals surface area contributed by atoms with Crippen molar-refractivity contribution in [2.45, 2.75) is 168 Å². The van der Waals surface area contributed by atoms with E-state index in [1.165, 1.54) is 51.2 Å². The molecule has 12 rings (SSSR count). The van der Waals surface area contributed by atoms with Crippen LogP contribution in [-0.2, 0) is 52.6 Å². The predicted octanol–water partition coefficient (Wildman–Crippen LogP) is -0.998. The first-order valence-electron chi connectivity index (χ1n) is 31.9. The molecule has 2 saturated heterocycles. The number of nitrogens with one attached hydrogen (secondary N) is 7. The number of ether oxygens (including phenoxy) is 6. The lowest BCUT2D eigenvalue weighted by atomic mass is 9.80. The van der Waals surface area contributed by atoms with Crippen LogP contribution in [-0.4, -0.2) is 203 Å². The van der Waals surface area contributed by atoms with Gasteiger partial charge >= 0.3 is 5.97 Å². The number of aliphatic hydroxyl groups is 7. The largest absolute Gasteiger partial charge is 0.508 e. The lowest BCUT2D eigenvalue weighted by Crippen LogP contribution is -2.61. The number of nitrogens with two attached hydrogens (primary N) is 2. The topological polar surface area (TPSA) is 530 Å². The Morgan fingerprint density at radius 2 is 1.40 bits per heavy atom. The maximum absolute atomic E-state index is 16.1. The Labute approximate surface area is 585 Å². The van der Waals surface area contributed by atoms with E-state index in [1.54, 1.807) is 0 Å². The molecule has 544 valence electrons. The van der Waals surface area contributed by atoms with Crippen molar-refractivity contribution in [3.8, 4) is 40.2 Å². The quantitative estimate of drug-likeness (QED) is 0.0763. The van der Waals surface area contributed by atoms with Crippen LogP contribution in [0.2, 0.25) is 10.0 Å². The lowest BCUT2D eigenvalue weighted by Gasteiger charge is -2.44. The Bertz CT molecular complexity index is 3970. The summed E-state index contributed by atoms with van der Waals surface area (Å²) >= 11 is 14.2. The highest BCUT2D eigenvalue weighted by molar-refractivity contribution is 6.32. The number of halogens is 2. The Kier molecular flexibility index (Phi) is 22.6. The van der Waals surface area contributed by atoms with E-state index in [9.17, 15) is 70.2 Å². The Morgan fingerprint density at radius 1 is 0.762 bits per heavy atom. The van der Waals surface area contributed by atoms with Crippen molar-refractivity contribution < 1.29 is 118 Å². The first kappa shape index (κ1) is 74.9. The van der Waals surface area contributed by atoms with Gasteiger partial charge in [0.25, 0.3) is 0 Å². The van der Waals surface area contributed by atoms with Gasteiger partial charge in [0.05, 0.1) is 47.4 Å². The highest BCUT2D eigenvalue weighted by Crippen LogP contribution is 2.49. The van der Waals surface area contributed by atoms with E-state index < -0.39 is 232 Å². The summed E-state index contributed by atoms with van der Waals surface area (Å²) in [5.41, 5.74) is 8.89. The number of phenolic OH excluding ortho intramolecular Hbond substituents is 2. The molecule has 101 heavy (non-hydrogen) atoms. The molecule has 0 aromatic heterocycles. The number of aliphatic carboxylic acids is 1. The maximum Gasteiger partial charge on any atom is 0.330 e. The van der Waals surface area contributed by atoms with Gasteiger partial charge in [-0.05, 0) is 104 Å². The van der Waals surface area contributed by atoms with Crippen molar-refractivity contribution in [3.05, 3.63) is 122 Å². The number of aromatic hydroxyl groups is 2. The minimum absolute atomic E-state index is 0.0934. The fourth-order valence-corrected chi connectivity index (χ4v) is 13.2. The minimum atomic E-state index is -2.33. The molecule has 7 heterocycles. The highest BCUT2D eigenvalue weighted by atomic mass is 35.5. The summed E-state index contributed by atoms with van der Waals surface area (Å²) in [6, 6.07) is -3.27. The number of fused-ring (bicyclic) bond motifs is 14. The summed E-state index contributed by atoms with van der Waals surface area (Å²) in [5, 5.41) is 129. The molecule has 8 aliphatic rings. The monoisotopic (exact) mass is 1450 g/mol.